The number of amides is 2. The van der Waals surface area contributed by atoms with Crippen molar-refractivity contribution in [1.82, 2.24) is 10.2 Å². The quantitative estimate of drug-likeness (QED) is 0.433. The Bertz CT molecular complexity index is 837. The summed E-state index contributed by atoms with van der Waals surface area (Å²) in [4.78, 5) is 27.9. The molecule has 0 fully saturated rings. The minimum absolute atomic E-state index is 0.0181. The summed E-state index contributed by atoms with van der Waals surface area (Å²) in [5.41, 5.74) is 3.39. The highest BCUT2D eigenvalue weighted by atomic mass is 32.2. The van der Waals surface area contributed by atoms with E-state index >= 15 is 0 Å². The average Bonchev–Trinajstić information content (AvgIpc) is 2.80. The fourth-order valence-corrected chi connectivity index (χ4v) is 4.25. The first-order valence-corrected chi connectivity index (χ1v) is 12.5. The van der Waals surface area contributed by atoms with Crippen LogP contribution in [0.25, 0.3) is 0 Å². The Hall–Kier alpha value is -2.47. The molecule has 2 amide bonds. The van der Waals surface area contributed by atoms with Crippen molar-refractivity contribution in [2.24, 2.45) is 0 Å². The van der Waals surface area contributed by atoms with E-state index in [-0.39, 0.29) is 11.8 Å². The molecule has 2 rings (SSSR count). The molecule has 0 aliphatic rings. The first-order valence-electron chi connectivity index (χ1n) is 11.3. The second-order valence-corrected chi connectivity index (χ2v) is 8.90. The largest absolute Gasteiger partial charge is 0.497 e. The molecule has 0 bridgehead atoms. The van der Waals surface area contributed by atoms with Crippen molar-refractivity contribution in [3.8, 4) is 5.75 Å². The van der Waals surface area contributed by atoms with Gasteiger partial charge in [-0.1, -0.05) is 62.2 Å². The Morgan fingerprint density at radius 2 is 1.69 bits per heavy atom. The predicted octanol–water partition coefficient (Wildman–Crippen LogP) is 4.96. The van der Waals surface area contributed by atoms with Gasteiger partial charge in [-0.3, -0.25) is 9.59 Å². The molecule has 5 nitrogen and oxygen atoms in total. The molecule has 174 valence electrons. The average molecular weight is 457 g/mol. The van der Waals surface area contributed by atoms with Gasteiger partial charge in [-0.2, -0.15) is 0 Å². The van der Waals surface area contributed by atoms with Gasteiger partial charge < -0.3 is 15.0 Å². The van der Waals surface area contributed by atoms with E-state index in [1.54, 1.807) is 23.8 Å². The molecular weight excluding hydrogens is 420 g/mol. The molecule has 6 heteroatoms. The van der Waals surface area contributed by atoms with E-state index in [1.165, 1.54) is 11.1 Å². The van der Waals surface area contributed by atoms with Gasteiger partial charge >= 0.3 is 0 Å². The number of thioether (sulfide) groups is 1. The number of ether oxygens (including phenoxy) is 1. The van der Waals surface area contributed by atoms with Crippen molar-refractivity contribution in [3.63, 3.8) is 0 Å². The SMILES string of the molecule is CCCCNC(=O)[C@@H](CC)N(Cc1ccc(OC)cc1)C(=O)CSCc1ccc(C)cc1. The summed E-state index contributed by atoms with van der Waals surface area (Å²) in [5, 5.41) is 3.00. The third-order valence-electron chi connectivity index (χ3n) is 5.34. The molecule has 2 aromatic rings. The summed E-state index contributed by atoms with van der Waals surface area (Å²) >= 11 is 1.58. The standard InChI is InChI=1S/C26H36N2O3S/c1-5-7-16-27-26(30)24(6-2)28(17-21-12-14-23(31-4)15-13-21)25(29)19-32-18-22-10-8-20(3)9-11-22/h8-15,24H,5-7,16-19H2,1-4H3,(H,27,30)/t24-/m1/s1. The van der Waals surface area contributed by atoms with Gasteiger partial charge in [0.1, 0.15) is 11.8 Å². The highest BCUT2D eigenvalue weighted by Gasteiger charge is 2.28. The van der Waals surface area contributed by atoms with E-state index in [1.807, 2.05) is 31.2 Å². The van der Waals surface area contributed by atoms with Crippen LogP contribution in [0.3, 0.4) is 0 Å². The first kappa shape index (κ1) is 25.8. The second kappa shape index (κ2) is 13.8. The Balaban J connectivity index is 2.09. The Morgan fingerprint density at radius 1 is 1.03 bits per heavy atom. The van der Waals surface area contributed by atoms with E-state index in [0.717, 1.165) is 29.9 Å². The molecule has 32 heavy (non-hydrogen) atoms. The van der Waals surface area contributed by atoms with Crippen molar-refractivity contribution >= 4 is 23.6 Å². The second-order valence-electron chi connectivity index (χ2n) is 7.92. The van der Waals surface area contributed by atoms with Crippen LogP contribution in [0, 0.1) is 6.92 Å². The maximum atomic E-state index is 13.3. The number of methoxy groups -OCH3 is 1. The zero-order valence-electron chi connectivity index (χ0n) is 19.7. The van der Waals surface area contributed by atoms with Crippen LogP contribution < -0.4 is 10.1 Å². The summed E-state index contributed by atoms with van der Waals surface area (Å²) in [5.74, 6) is 1.77. The third-order valence-corrected chi connectivity index (χ3v) is 6.33. The summed E-state index contributed by atoms with van der Waals surface area (Å²) in [7, 11) is 1.63. The third kappa shape index (κ3) is 8.23. The summed E-state index contributed by atoms with van der Waals surface area (Å²) in [6, 6.07) is 15.5. The van der Waals surface area contributed by atoms with Gasteiger partial charge in [0.25, 0.3) is 0 Å². The number of carbonyl (C=O) groups is 2. The summed E-state index contributed by atoms with van der Waals surface area (Å²) in [6.45, 7) is 7.15. The van der Waals surface area contributed by atoms with Crippen LogP contribution >= 0.6 is 11.8 Å². The molecule has 0 spiro atoms. The lowest BCUT2D eigenvalue weighted by Crippen LogP contribution is -2.49. The normalized spacial score (nSPS) is 11.6. The Labute approximate surface area is 196 Å². The molecule has 1 N–H and O–H groups in total. The molecule has 0 saturated carbocycles. The Morgan fingerprint density at radius 3 is 2.28 bits per heavy atom. The number of benzene rings is 2. The zero-order valence-corrected chi connectivity index (χ0v) is 20.5. The van der Waals surface area contributed by atoms with Crippen LogP contribution in [-0.4, -0.2) is 42.2 Å². The highest BCUT2D eigenvalue weighted by molar-refractivity contribution is 7.99. The van der Waals surface area contributed by atoms with Gasteiger partial charge in [0.15, 0.2) is 0 Å². The van der Waals surface area contributed by atoms with Crippen molar-refractivity contribution in [1.29, 1.82) is 0 Å². The van der Waals surface area contributed by atoms with Crippen molar-refractivity contribution in [3.05, 3.63) is 65.2 Å². The number of nitrogens with zero attached hydrogens (tertiary/aromatic N) is 1. The fourth-order valence-electron chi connectivity index (χ4n) is 3.38. The van der Waals surface area contributed by atoms with Gasteiger partial charge in [-0.05, 0) is 43.0 Å². The molecule has 2 aromatic carbocycles. The summed E-state index contributed by atoms with van der Waals surface area (Å²) in [6.07, 6.45) is 2.52. The van der Waals surface area contributed by atoms with Gasteiger partial charge in [-0.15, -0.1) is 11.8 Å². The number of aryl methyl sites for hydroxylation is 1. The van der Waals surface area contributed by atoms with Crippen LogP contribution in [0.15, 0.2) is 48.5 Å². The topological polar surface area (TPSA) is 58.6 Å². The number of rotatable bonds is 13. The molecular formula is C26H36N2O3S. The van der Waals surface area contributed by atoms with E-state index in [0.29, 0.717) is 25.3 Å². The first-order chi connectivity index (χ1) is 15.5. The lowest BCUT2D eigenvalue weighted by Gasteiger charge is -2.30. The number of carbonyl (C=O) groups excluding carboxylic acids is 2. The number of hydrogen-bond donors (Lipinski definition) is 1. The molecule has 0 heterocycles. The van der Waals surface area contributed by atoms with Crippen molar-refractivity contribution in [2.45, 2.75) is 58.4 Å². The lowest BCUT2D eigenvalue weighted by molar-refractivity contribution is -0.139. The maximum Gasteiger partial charge on any atom is 0.242 e. The number of nitrogens with one attached hydrogen (secondary N) is 1. The van der Waals surface area contributed by atoms with E-state index in [9.17, 15) is 9.59 Å². The van der Waals surface area contributed by atoms with Gasteiger partial charge in [-0.25, -0.2) is 0 Å². The van der Waals surface area contributed by atoms with Crippen molar-refractivity contribution < 1.29 is 14.3 Å². The van der Waals surface area contributed by atoms with Gasteiger partial charge in [0, 0.05) is 18.8 Å². The maximum absolute atomic E-state index is 13.3. The molecule has 0 aliphatic heterocycles. The molecule has 0 aliphatic carbocycles. The van der Waals surface area contributed by atoms with E-state index in [2.05, 4.69) is 43.4 Å². The fraction of sp³-hybridized carbons (Fsp3) is 0.462. The van der Waals surface area contributed by atoms with Crippen molar-refractivity contribution in [2.75, 3.05) is 19.4 Å². The Kier molecular flexibility index (Phi) is 11.2. The van der Waals surface area contributed by atoms with E-state index in [4.69, 9.17) is 4.74 Å². The number of hydrogen-bond acceptors (Lipinski definition) is 4. The van der Waals surface area contributed by atoms with Gasteiger partial charge in [0.05, 0.1) is 12.9 Å². The summed E-state index contributed by atoms with van der Waals surface area (Å²) < 4.78 is 5.24. The highest BCUT2D eigenvalue weighted by Crippen LogP contribution is 2.19. The smallest absolute Gasteiger partial charge is 0.242 e. The molecule has 0 saturated heterocycles. The number of unbranched alkanes of at least 4 members (excludes halogenated alkanes) is 1. The monoisotopic (exact) mass is 456 g/mol. The van der Waals surface area contributed by atoms with Crippen LogP contribution in [0.1, 0.15) is 49.8 Å². The molecule has 0 unspecified atom stereocenters. The predicted molar refractivity (Wildman–Crippen MR) is 133 cm³/mol. The van der Waals surface area contributed by atoms with Crippen LogP contribution in [0.4, 0.5) is 0 Å². The van der Waals surface area contributed by atoms with Crippen LogP contribution in [0.2, 0.25) is 0 Å². The molecule has 1 atom stereocenters. The minimum atomic E-state index is -0.485. The zero-order chi connectivity index (χ0) is 23.3. The minimum Gasteiger partial charge on any atom is -0.497 e. The molecule has 0 radical (unpaired) electrons. The molecule has 0 aromatic heterocycles. The van der Waals surface area contributed by atoms with Crippen LogP contribution in [-0.2, 0) is 21.9 Å². The van der Waals surface area contributed by atoms with E-state index < -0.39 is 6.04 Å². The van der Waals surface area contributed by atoms with Crippen LogP contribution in [0.5, 0.6) is 5.75 Å². The van der Waals surface area contributed by atoms with Gasteiger partial charge in [0.2, 0.25) is 11.8 Å². The lowest BCUT2D eigenvalue weighted by atomic mass is 10.1.